The monoisotopic (exact) mass is 425 g/mol. The van der Waals surface area contributed by atoms with Gasteiger partial charge in [0.15, 0.2) is 11.5 Å². The lowest BCUT2D eigenvalue weighted by atomic mass is 10.0. The van der Waals surface area contributed by atoms with E-state index in [1.54, 1.807) is 27.4 Å². The van der Waals surface area contributed by atoms with E-state index in [2.05, 4.69) is 6.07 Å². The molecule has 0 aliphatic rings. The highest BCUT2D eigenvalue weighted by molar-refractivity contribution is 5.90. The SMILES string of the molecule is COc1ccc(/C(C#N)=C/c2cc(OC)c(OCCCCCCO)c(OC)c2)cc1C. The minimum atomic E-state index is 0.220. The molecule has 0 saturated carbocycles. The van der Waals surface area contributed by atoms with Crippen LogP contribution in [0.3, 0.4) is 0 Å². The van der Waals surface area contributed by atoms with E-state index in [0.717, 1.165) is 48.1 Å². The zero-order valence-corrected chi connectivity index (χ0v) is 18.7. The Morgan fingerprint density at radius 3 is 2.13 bits per heavy atom. The highest BCUT2D eigenvalue weighted by Gasteiger charge is 2.14. The van der Waals surface area contributed by atoms with Gasteiger partial charge in [0.2, 0.25) is 5.75 Å². The molecule has 0 fully saturated rings. The number of allylic oxidation sites excluding steroid dienone is 1. The van der Waals surface area contributed by atoms with E-state index in [1.165, 1.54) is 0 Å². The second kappa shape index (κ2) is 12.5. The summed E-state index contributed by atoms with van der Waals surface area (Å²) in [4.78, 5) is 0. The summed E-state index contributed by atoms with van der Waals surface area (Å²) in [6.07, 6.45) is 5.44. The molecule has 31 heavy (non-hydrogen) atoms. The van der Waals surface area contributed by atoms with Crippen molar-refractivity contribution in [1.82, 2.24) is 0 Å². The van der Waals surface area contributed by atoms with Crippen LogP contribution in [0, 0.1) is 18.3 Å². The number of aliphatic hydroxyl groups excluding tert-OH is 1. The molecule has 2 rings (SSSR count). The molecule has 2 aromatic carbocycles. The standard InChI is InChI=1S/C25H31NO5/c1-18-13-20(9-10-22(18)28-2)21(17-26)14-19-15-23(29-3)25(24(16-19)30-4)31-12-8-6-5-7-11-27/h9-10,13-16,27H,5-8,11-12H2,1-4H3/b21-14+. The number of ether oxygens (including phenoxy) is 4. The summed E-state index contributed by atoms with van der Waals surface area (Å²) >= 11 is 0. The van der Waals surface area contributed by atoms with Crippen LogP contribution in [0.15, 0.2) is 30.3 Å². The molecule has 0 spiro atoms. The van der Waals surface area contributed by atoms with Crippen molar-refractivity contribution in [2.24, 2.45) is 0 Å². The molecule has 0 amide bonds. The molecule has 0 aromatic heterocycles. The van der Waals surface area contributed by atoms with Crippen molar-refractivity contribution in [3.63, 3.8) is 0 Å². The molecule has 166 valence electrons. The number of rotatable bonds is 12. The van der Waals surface area contributed by atoms with Gasteiger partial charge in [-0.3, -0.25) is 0 Å². The minimum absolute atomic E-state index is 0.220. The number of unbranched alkanes of at least 4 members (excludes halogenated alkanes) is 3. The summed E-state index contributed by atoms with van der Waals surface area (Å²) in [6.45, 7) is 2.69. The number of hydrogen-bond acceptors (Lipinski definition) is 6. The summed E-state index contributed by atoms with van der Waals surface area (Å²) < 4.78 is 22.3. The fraction of sp³-hybridized carbons (Fsp3) is 0.400. The number of hydrogen-bond donors (Lipinski definition) is 1. The van der Waals surface area contributed by atoms with Crippen molar-refractivity contribution < 1.29 is 24.1 Å². The lowest BCUT2D eigenvalue weighted by Gasteiger charge is -2.15. The van der Waals surface area contributed by atoms with Crippen LogP contribution in [0.4, 0.5) is 0 Å². The summed E-state index contributed by atoms with van der Waals surface area (Å²) in [5, 5.41) is 18.6. The number of nitriles is 1. The maximum Gasteiger partial charge on any atom is 0.203 e. The predicted molar refractivity (Wildman–Crippen MR) is 122 cm³/mol. The molecule has 0 bridgehead atoms. The van der Waals surface area contributed by atoms with Gasteiger partial charge in [-0.2, -0.15) is 5.26 Å². The number of aryl methyl sites for hydroxylation is 1. The Balaban J connectivity index is 2.28. The Kier molecular flexibility index (Phi) is 9.73. The minimum Gasteiger partial charge on any atom is -0.496 e. The summed E-state index contributed by atoms with van der Waals surface area (Å²) in [5.41, 5.74) is 3.06. The Morgan fingerprint density at radius 1 is 0.935 bits per heavy atom. The van der Waals surface area contributed by atoms with Gasteiger partial charge >= 0.3 is 0 Å². The summed E-state index contributed by atoms with van der Waals surface area (Å²) in [6, 6.07) is 11.6. The molecule has 0 aliphatic carbocycles. The molecule has 2 aromatic rings. The number of methoxy groups -OCH3 is 3. The molecule has 6 heteroatoms. The number of aliphatic hydroxyl groups is 1. The lowest BCUT2D eigenvalue weighted by Crippen LogP contribution is -2.02. The third-order valence-electron chi connectivity index (χ3n) is 4.92. The fourth-order valence-electron chi connectivity index (χ4n) is 3.26. The van der Waals surface area contributed by atoms with Gasteiger partial charge in [-0.1, -0.05) is 6.42 Å². The van der Waals surface area contributed by atoms with Gasteiger partial charge < -0.3 is 24.1 Å². The van der Waals surface area contributed by atoms with Crippen LogP contribution in [-0.2, 0) is 0 Å². The van der Waals surface area contributed by atoms with Crippen LogP contribution in [-0.4, -0.2) is 39.6 Å². The molecule has 1 N–H and O–H groups in total. The van der Waals surface area contributed by atoms with Crippen molar-refractivity contribution in [3.05, 3.63) is 47.0 Å². The maximum absolute atomic E-state index is 9.72. The Labute approximate surface area is 184 Å². The van der Waals surface area contributed by atoms with Crippen molar-refractivity contribution in [3.8, 4) is 29.1 Å². The van der Waals surface area contributed by atoms with E-state index in [4.69, 9.17) is 24.1 Å². The van der Waals surface area contributed by atoms with E-state index in [-0.39, 0.29) is 6.61 Å². The van der Waals surface area contributed by atoms with Gasteiger partial charge in [0.05, 0.1) is 39.6 Å². The topological polar surface area (TPSA) is 80.9 Å². The van der Waals surface area contributed by atoms with Crippen molar-refractivity contribution in [2.75, 3.05) is 34.5 Å². The molecule has 0 atom stereocenters. The van der Waals surface area contributed by atoms with E-state index >= 15 is 0 Å². The summed E-state index contributed by atoms with van der Waals surface area (Å²) in [5.74, 6) is 2.42. The van der Waals surface area contributed by atoms with Crippen LogP contribution in [0.2, 0.25) is 0 Å². The van der Waals surface area contributed by atoms with Gasteiger partial charge in [-0.25, -0.2) is 0 Å². The van der Waals surface area contributed by atoms with Crippen LogP contribution in [0.5, 0.6) is 23.0 Å². The van der Waals surface area contributed by atoms with E-state index in [1.807, 2.05) is 37.3 Å². The highest BCUT2D eigenvalue weighted by atomic mass is 16.5. The van der Waals surface area contributed by atoms with E-state index < -0.39 is 0 Å². The molecule has 6 nitrogen and oxygen atoms in total. The largest absolute Gasteiger partial charge is 0.496 e. The van der Waals surface area contributed by atoms with Gasteiger partial charge in [0, 0.05) is 6.61 Å². The van der Waals surface area contributed by atoms with Gasteiger partial charge in [0.1, 0.15) is 5.75 Å². The van der Waals surface area contributed by atoms with Crippen LogP contribution in [0.25, 0.3) is 11.6 Å². The molecular weight excluding hydrogens is 394 g/mol. The molecular formula is C25H31NO5. The zero-order valence-electron chi connectivity index (χ0n) is 18.7. The van der Waals surface area contributed by atoms with Crippen molar-refractivity contribution in [1.29, 1.82) is 5.26 Å². The number of nitrogens with zero attached hydrogens (tertiary/aromatic N) is 1. The van der Waals surface area contributed by atoms with Crippen LogP contribution in [0.1, 0.15) is 42.4 Å². The van der Waals surface area contributed by atoms with Gasteiger partial charge in [0.25, 0.3) is 0 Å². The number of benzene rings is 2. The Morgan fingerprint density at radius 2 is 1.58 bits per heavy atom. The van der Waals surface area contributed by atoms with Crippen molar-refractivity contribution in [2.45, 2.75) is 32.6 Å². The van der Waals surface area contributed by atoms with E-state index in [0.29, 0.717) is 29.4 Å². The van der Waals surface area contributed by atoms with Crippen LogP contribution >= 0.6 is 0 Å². The molecule has 0 unspecified atom stereocenters. The highest BCUT2D eigenvalue weighted by Crippen LogP contribution is 2.39. The van der Waals surface area contributed by atoms with Gasteiger partial charge in [-0.05, 0) is 79.3 Å². The van der Waals surface area contributed by atoms with Crippen molar-refractivity contribution >= 4 is 11.6 Å². The third-order valence-corrected chi connectivity index (χ3v) is 4.92. The first-order valence-corrected chi connectivity index (χ1v) is 10.3. The average molecular weight is 426 g/mol. The first kappa shape index (κ1) is 24.1. The van der Waals surface area contributed by atoms with E-state index in [9.17, 15) is 5.26 Å². The molecule has 0 aliphatic heterocycles. The first-order chi connectivity index (χ1) is 15.1. The normalized spacial score (nSPS) is 11.0. The van der Waals surface area contributed by atoms with Crippen LogP contribution < -0.4 is 18.9 Å². The predicted octanol–water partition coefficient (Wildman–Crippen LogP) is 5.02. The second-order valence-corrected chi connectivity index (χ2v) is 7.10. The summed E-state index contributed by atoms with van der Waals surface area (Å²) in [7, 11) is 4.78. The molecule has 0 heterocycles. The lowest BCUT2D eigenvalue weighted by molar-refractivity contribution is 0.259. The first-order valence-electron chi connectivity index (χ1n) is 10.3. The average Bonchev–Trinajstić information content (AvgIpc) is 2.79. The quantitative estimate of drug-likeness (QED) is 0.292. The molecule has 0 radical (unpaired) electrons. The maximum atomic E-state index is 9.72. The third kappa shape index (κ3) is 6.66. The Bertz CT molecular complexity index is 905. The second-order valence-electron chi connectivity index (χ2n) is 7.10. The molecule has 0 saturated heterocycles. The van der Waals surface area contributed by atoms with Gasteiger partial charge in [-0.15, -0.1) is 0 Å². The zero-order chi connectivity index (χ0) is 22.6. The smallest absolute Gasteiger partial charge is 0.203 e. The fourth-order valence-corrected chi connectivity index (χ4v) is 3.26. The Hall–Kier alpha value is -3.17.